The van der Waals surface area contributed by atoms with Crippen molar-refractivity contribution in [2.24, 2.45) is 0 Å². The zero-order chi connectivity index (χ0) is 18.4. The van der Waals surface area contributed by atoms with Gasteiger partial charge in [0, 0.05) is 5.69 Å². The van der Waals surface area contributed by atoms with Crippen LogP contribution in [0.25, 0.3) is 0 Å². The lowest BCUT2D eigenvalue weighted by molar-refractivity contribution is -0.113. The van der Waals surface area contributed by atoms with E-state index in [9.17, 15) is 4.79 Å². The Balaban J connectivity index is 1.54. The van der Waals surface area contributed by atoms with Crippen LogP contribution < -0.4 is 5.32 Å². The number of benzene rings is 2. The van der Waals surface area contributed by atoms with Crippen LogP contribution in [0.15, 0.2) is 64.2 Å². The van der Waals surface area contributed by atoms with Crippen LogP contribution in [0.1, 0.15) is 36.8 Å². The highest BCUT2D eigenvalue weighted by molar-refractivity contribution is 7.99. The zero-order valence-electron chi connectivity index (χ0n) is 14.8. The molecule has 0 aliphatic carbocycles. The minimum absolute atomic E-state index is 0.0918. The summed E-state index contributed by atoms with van der Waals surface area (Å²) < 4.78 is 5.61. The number of amides is 1. The van der Waals surface area contributed by atoms with Crippen LogP contribution in [0.5, 0.6) is 0 Å². The first-order valence-electron chi connectivity index (χ1n) is 8.49. The molecule has 3 rings (SSSR count). The van der Waals surface area contributed by atoms with Crippen LogP contribution in [0.3, 0.4) is 0 Å². The molecule has 0 spiro atoms. The maximum Gasteiger partial charge on any atom is 0.277 e. The molecular formula is C20H21N3O2S. The SMILES string of the molecule is CC(C)c1ccccc1NC(=O)CSc1nnc(Cc2ccccc2)o1. The van der Waals surface area contributed by atoms with E-state index < -0.39 is 0 Å². The number of rotatable bonds is 7. The molecule has 1 N–H and O–H groups in total. The van der Waals surface area contributed by atoms with Gasteiger partial charge in [-0.1, -0.05) is 74.1 Å². The molecule has 6 heteroatoms. The maximum atomic E-state index is 12.2. The number of hydrogen-bond acceptors (Lipinski definition) is 5. The molecule has 0 saturated heterocycles. The second-order valence-electron chi connectivity index (χ2n) is 6.20. The largest absolute Gasteiger partial charge is 0.416 e. The molecule has 2 aromatic carbocycles. The summed E-state index contributed by atoms with van der Waals surface area (Å²) in [5, 5.41) is 11.4. The van der Waals surface area contributed by atoms with Crippen molar-refractivity contribution in [1.29, 1.82) is 0 Å². The predicted molar refractivity (Wildman–Crippen MR) is 103 cm³/mol. The average Bonchev–Trinajstić information content (AvgIpc) is 3.08. The molecule has 5 nitrogen and oxygen atoms in total. The summed E-state index contributed by atoms with van der Waals surface area (Å²) in [6.45, 7) is 4.21. The Hall–Kier alpha value is -2.60. The molecule has 0 aliphatic heterocycles. The molecule has 0 atom stereocenters. The molecular weight excluding hydrogens is 346 g/mol. The number of carbonyl (C=O) groups excluding carboxylic acids is 1. The lowest BCUT2D eigenvalue weighted by Gasteiger charge is -2.13. The van der Waals surface area contributed by atoms with Gasteiger partial charge in [-0.05, 0) is 23.1 Å². The van der Waals surface area contributed by atoms with Gasteiger partial charge in [0.1, 0.15) is 0 Å². The van der Waals surface area contributed by atoms with Crippen LogP contribution in [-0.4, -0.2) is 21.9 Å². The van der Waals surface area contributed by atoms with Gasteiger partial charge in [-0.25, -0.2) is 0 Å². The minimum Gasteiger partial charge on any atom is -0.416 e. The molecule has 0 bridgehead atoms. The molecule has 1 amide bonds. The molecule has 3 aromatic rings. The summed E-state index contributed by atoms with van der Waals surface area (Å²) in [5.41, 5.74) is 3.08. The number of anilines is 1. The summed E-state index contributed by atoms with van der Waals surface area (Å²) in [5.74, 6) is 1.02. The number of nitrogens with one attached hydrogen (secondary N) is 1. The second kappa shape index (κ2) is 8.67. The summed E-state index contributed by atoms with van der Waals surface area (Å²) in [7, 11) is 0. The van der Waals surface area contributed by atoms with E-state index in [-0.39, 0.29) is 11.7 Å². The van der Waals surface area contributed by atoms with Crippen molar-refractivity contribution in [3.63, 3.8) is 0 Å². The molecule has 26 heavy (non-hydrogen) atoms. The van der Waals surface area contributed by atoms with Crippen molar-refractivity contribution in [2.45, 2.75) is 31.4 Å². The van der Waals surface area contributed by atoms with E-state index in [1.165, 1.54) is 11.8 Å². The molecule has 0 aliphatic rings. The number of thioether (sulfide) groups is 1. The Morgan fingerprint density at radius 2 is 1.81 bits per heavy atom. The highest BCUT2D eigenvalue weighted by atomic mass is 32.2. The quantitative estimate of drug-likeness (QED) is 0.622. The van der Waals surface area contributed by atoms with Crippen LogP contribution >= 0.6 is 11.8 Å². The molecule has 0 saturated carbocycles. The number of nitrogens with zero attached hydrogens (tertiary/aromatic N) is 2. The Morgan fingerprint density at radius 1 is 1.08 bits per heavy atom. The van der Waals surface area contributed by atoms with Gasteiger partial charge < -0.3 is 9.73 Å². The van der Waals surface area contributed by atoms with Crippen molar-refractivity contribution in [2.75, 3.05) is 11.1 Å². The first-order chi connectivity index (χ1) is 12.6. The lowest BCUT2D eigenvalue weighted by Crippen LogP contribution is -2.15. The number of carbonyl (C=O) groups is 1. The standard InChI is InChI=1S/C20H21N3O2S/c1-14(2)16-10-6-7-11-17(16)21-18(24)13-26-20-23-22-19(25-20)12-15-8-4-3-5-9-15/h3-11,14H,12-13H2,1-2H3,(H,21,24). The monoisotopic (exact) mass is 367 g/mol. The van der Waals surface area contributed by atoms with Gasteiger partial charge in [0.05, 0.1) is 12.2 Å². The second-order valence-corrected chi connectivity index (χ2v) is 7.13. The maximum absolute atomic E-state index is 12.2. The van der Waals surface area contributed by atoms with E-state index >= 15 is 0 Å². The summed E-state index contributed by atoms with van der Waals surface area (Å²) in [6, 6.07) is 17.8. The van der Waals surface area contributed by atoms with E-state index in [4.69, 9.17) is 4.42 Å². The van der Waals surface area contributed by atoms with Crippen LogP contribution in [0.4, 0.5) is 5.69 Å². The third-order valence-corrected chi connectivity index (χ3v) is 4.65. The first-order valence-corrected chi connectivity index (χ1v) is 9.48. The number of para-hydroxylation sites is 1. The van der Waals surface area contributed by atoms with Crippen molar-refractivity contribution in [3.8, 4) is 0 Å². The summed E-state index contributed by atoms with van der Waals surface area (Å²) in [4.78, 5) is 12.2. The summed E-state index contributed by atoms with van der Waals surface area (Å²) >= 11 is 1.24. The van der Waals surface area contributed by atoms with E-state index in [0.717, 1.165) is 16.8 Å². The fourth-order valence-corrected chi connectivity index (χ4v) is 3.15. The molecule has 1 heterocycles. The van der Waals surface area contributed by atoms with E-state index in [1.807, 2.05) is 54.6 Å². The minimum atomic E-state index is -0.0918. The van der Waals surface area contributed by atoms with Gasteiger partial charge in [0.25, 0.3) is 5.22 Å². The topological polar surface area (TPSA) is 68.0 Å². The van der Waals surface area contributed by atoms with Crippen molar-refractivity contribution >= 4 is 23.4 Å². The van der Waals surface area contributed by atoms with E-state index in [0.29, 0.717) is 23.5 Å². The van der Waals surface area contributed by atoms with Crippen molar-refractivity contribution in [3.05, 3.63) is 71.6 Å². The van der Waals surface area contributed by atoms with Gasteiger partial charge in [0.2, 0.25) is 11.8 Å². The third-order valence-electron chi connectivity index (χ3n) is 3.83. The van der Waals surface area contributed by atoms with Crippen molar-refractivity contribution < 1.29 is 9.21 Å². The predicted octanol–water partition coefficient (Wildman–Crippen LogP) is 4.51. The molecule has 0 unspecified atom stereocenters. The van der Waals surface area contributed by atoms with E-state index in [2.05, 4.69) is 29.4 Å². The Morgan fingerprint density at radius 3 is 2.58 bits per heavy atom. The normalized spacial score (nSPS) is 10.9. The Labute approximate surface area is 157 Å². The molecule has 1 aromatic heterocycles. The summed E-state index contributed by atoms with van der Waals surface area (Å²) in [6.07, 6.45) is 0.586. The smallest absolute Gasteiger partial charge is 0.277 e. The number of aromatic nitrogens is 2. The highest BCUT2D eigenvalue weighted by Gasteiger charge is 2.12. The Kier molecular flexibility index (Phi) is 6.07. The van der Waals surface area contributed by atoms with Gasteiger partial charge in [-0.15, -0.1) is 10.2 Å². The van der Waals surface area contributed by atoms with Gasteiger partial charge >= 0.3 is 0 Å². The van der Waals surface area contributed by atoms with Crippen LogP contribution in [0, 0.1) is 0 Å². The fourth-order valence-electron chi connectivity index (χ4n) is 2.57. The average molecular weight is 367 g/mol. The van der Waals surface area contributed by atoms with Gasteiger partial charge in [-0.2, -0.15) is 0 Å². The van der Waals surface area contributed by atoms with Gasteiger partial charge in [-0.3, -0.25) is 4.79 Å². The van der Waals surface area contributed by atoms with Gasteiger partial charge in [0.15, 0.2) is 0 Å². The molecule has 0 radical (unpaired) electrons. The Bertz CT molecular complexity index is 862. The molecule has 0 fully saturated rings. The van der Waals surface area contributed by atoms with Crippen molar-refractivity contribution in [1.82, 2.24) is 10.2 Å². The molecule has 134 valence electrons. The van der Waals surface area contributed by atoms with E-state index in [1.54, 1.807) is 0 Å². The van der Waals surface area contributed by atoms with Crippen LogP contribution in [0.2, 0.25) is 0 Å². The fraction of sp³-hybridized carbons (Fsp3) is 0.250. The zero-order valence-corrected chi connectivity index (χ0v) is 15.6. The van der Waals surface area contributed by atoms with Crippen LogP contribution in [-0.2, 0) is 11.2 Å². The number of hydrogen-bond donors (Lipinski definition) is 1. The lowest BCUT2D eigenvalue weighted by atomic mass is 10.0. The highest BCUT2D eigenvalue weighted by Crippen LogP contribution is 2.24. The first kappa shape index (κ1) is 18.2. The third kappa shape index (κ3) is 4.95.